The molecule has 0 aliphatic rings. The molecule has 0 saturated carbocycles. The van der Waals surface area contributed by atoms with Gasteiger partial charge in [-0.25, -0.2) is 9.59 Å². The Labute approximate surface area is 312 Å². The van der Waals surface area contributed by atoms with Crippen LogP contribution in [-0.4, -0.2) is 48.3 Å². The van der Waals surface area contributed by atoms with Crippen molar-refractivity contribution in [1.82, 2.24) is 0 Å². The number of aliphatic carboxylic acids is 1. The Morgan fingerprint density at radius 1 is 0.431 bits per heavy atom. The number of carboxylic acids is 1. The van der Waals surface area contributed by atoms with E-state index < -0.39 is 30.0 Å². The van der Waals surface area contributed by atoms with Gasteiger partial charge in [0, 0.05) is 25.0 Å². The molecule has 298 valence electrons. The molecule has 51 heavy (non-hydrogen) atoms. The van der Waals surface area contributed by atoms with E-state index >= 15 is 0 Å². The van der Waals surface area contributed by atoms with Crippen LogP contribution in [0.25, 0.3) is 0 Å². The standard InChI is InChI=1S/C43H78O8/c1-3-5-7-9-11-13-15-17-19-21-23-25-27-29-31-33-41(46)49-37-39(51-43(48)36-35-40(44)45)38-50-42(47)34-32-30-28-26-24-22-20-18-16-14-12-10-8-6-4-2/h35-36,39H,3-34,37-38H2,1-2H3,(H,44,45)/b36-35+. The lowest BCUT2D eigenvalue weighted by atomic mass is 10.0. The Balaban J connectivity index is 4.04. The third-order valence-electron chi connectivity index (χ3n) is 9.47. The van der Waals surface area contributed by atoms with Crippen molar-refractivity contribution in [3.05, 3.63) is 12.2 Å². The fourth-order valence-corrected chi connectivity index (χ4v) is 6.26. The molecule has 0 unspecified atom stereocenters. The first-order valence-corrected chi connectivity index (χ1v) is 21.3. The van der Waals surface area contributed by atoms with E-state index in [1.807, 2.05) is 0 Å². The highest BCUT2D eigenvalue weighted by Crippen LogP contribution is 2.16. The Morgan fingerprint density at radius 3 is 0.980 bits per heavy atom. The fraction of sp³-hybridized carbons (Fsp3) is 0.860. The van der Waals surface area contributed by atoms with Crippen LogP contribution in [0.5, 0.6) is 0 Å². The molecular weight excluding hydrogens is 644 g/mol. The van der Waals surface area contributed by atoms with Crippen LogP contribution in [0.1, 0.15) is 219 Å². The van der Waals surface area contributed by atoms with Crippen LogP contribution in [0.4, 0.5) is 0 Å². The second-order valence-electron chi connectivity index (χ2n) is 14.5. The molecular formula is C43H78O8. The van der Waals surface area contributed by atoms with E-state index in [-0.39, 0.29) is 26.1 Å². The number of unbranched alkanes of at least 4 members (excludes halogenated alkanes) is 28. The number of carboxylic acid groups (broad SMARTS) is 1. The smallest absolute Gasteiger partial charge is 0.331 e. The van der Waals surface area contributed by atoms with E-state index in [0.29, 0.717) is 6.08 Å². The van der Waals surface area contributed by atoms with Crippen molar-refractivity contribution in [1.29, 1.82) is 0 Å². The van der Waals surface area contributed by atoms with Gasteiger partial charge in [-0.1, -0.05) is 194 Å². The van der Waals surface area contributed by atoms with Gasteiger partial charge in [0.2, 0.25) is 0 Å². The maximum Gasteiger partial charge on any atom is 0.331 e. The average molecular weight is 723 g/mol. The lowest BCUT2D eigenvalue weighted by molar-refractivity contribution is -0.163. The van der Waals surface area contributed by atoms with Gasteiger partial charge in [0.25, 0.3) is 0 Å². The maximum absolute atomic E-state index is 12.3. The molecule has 0 aromatic heterocycles. The second-order valence-corrected chi connectivity index (χ2v) is 14.5. The van der Waals surface area contributed by atoms with Gasteiger partial charge in [-0.15, -0.1) is 0 Å². The Bertz CT molecular complexity index is 805. The molecule has 0 aliphatic carbocycles. The van der Waals surface area contributed by atoms with Crippen LogP contribution >= 0.6 is 0 Å². The summed E-state index contributed by atoms with van der Waals surface area (Å²) in [5, 5.41) is 8.78. The summed E-state index contributed by atoms with van der Waals surface area (Å²) in [5.74, 6) is -2.97. The molecule has 0 rings (SSSR count). The average Bonchev–Trinajstić information content (AvgIpc) is 3.11. The van der Waals surface area contributed by atoms with Crippen LogP contribution in [0, 0.1) is 0 Å². The van der Waals surface area contributed by atoms with Gasteiger partial charge in [-0.3, -0.25) is 9.59 Å². The SMILES string of the molecule is CCCCCCCCCCCCCCCCCC(=O)OCC(COC(=O)CCCCCCCCCCCCCCCCC)OC(=O)/C=C/C(=O)O. The first kappa shape index (κ1) is 48.6. The molecule has 8 nitrogen and oxygen atoms in total. The predicted octanol–water partition coefficient (Wildman–Crippen LogP) is 12.1. The molecule has 0 bridgehead atoms. The monoisotopic (exact) mass is 723 g/mol. The first-order valence-electron chi connectivity index (χ1n) is 21.3. The van der Waals surface area contributed by atoms with Crippen molar-refractivity contribution >= 4 is 23.9 Å². The highest BCUT2D eigenvalue weighted by Gasteiger charge is 2.19. The molecule has 0 radical (unpaired) electrons. The van der Waals surface area contributed by atoms with Crippen molar-refractivity contribution in [2.75, 3.05) is 13.2 Å². The van der Waals surface area contributed by atoms with E-state index in [2.05, 4.69) is 13.8 Å². The quantitative estimate of drug-likeness (QED) is 0.0288. The molecule has 0 aliphatic heterocycles. The summed E-state index contributed by atoms with van der Waals surface area (Å²) >= 11 is 0. The summed E-state index contributed by atoms with van der Waals surface area (Å²) in [5.41, 5.74) is 0. The number of carbonyl (C=O) groups excluding carboxylic acids is 3. The highest BCUT2D eigenvalue weighted by molar-refractivity contribution is 5.90. The van der Waals surface area contributed by atoms with Gasteiger partial charge < -0.3 is 19.3 Å². The summed E-state index contributed by atoms with van der Waals surface area (Å²) in [7, 11) is 0. The molecule has 0 aromatic carbocycles. The zero-order chi connectivity index (χ0) is 37.5. The third-order valence-corrected chi connectivity index (χ3v) is 9.47. The number of carbonyl (C=O) groups is 4. The molecule has 1 N–H and O–H groups in total. The zero-order valence-corrected chi connectivity index (χ0v) is 33.1. The molecule has 0 fully saturated rings. The van der Waals surface area contributed by atoms with Crippen LogP contribution in [0.2, 0.25) is 0 Å². The minimum absolute atomic E-state index is 0.254. The summed E-state index contributed by atoms with van der Waals surface area (Å²) in [4.78, 5) is 47.5. The van der Waals surface area contributed by atoms with Crippen molar-refractivity contribution < 1.29 is 38.5 Å². The Kier molecular flexibility index (Phi) is 37.0. The number of hydrogen-bond donors (Lipinski definition) is 1. The molecule has 0 aromatic rings. The van der Waals surface area contributed by atoms with E-state index in [0.717, 1.165) is 44.6 Å². The van der Waals surface area contributed by atoms with Crippen molar-refractivity contribution in [2.45, 2.75) is 225 Å². The first-order chi connectivity index (χ1) is 24.9. The number of hydrogen-bond acceptors (Lipinski definition) is 7. The minimum Gasteiger partial charge on any atom is -0.478 e. The Morgan fingerprint density at radius 2 is 0.706 bits per heavy atom. The molecule has 0 saturated heterocycles. The van der Waals surface area contributed by atoms with E-state index in [9.17, 15) is 19.2 Å². The van der Waals surface area contributed by atoms with Crippen LogP contribution in [0.15, 0.2) is 12.2 Å². The van der Waals surface area contributed by atoms with Gasteiger partial charge in [0.1, 0.15) is 13.2 Å². The molecule has 0 atom stereocenters. The van der Waals surface area contributed by atoms with Gasteiger partial charge in [-0.05, 0) is 12.8 Å². The van der Waals surface area contributed by atoms with Crippen LogP contribution < -0.4 is 0 Å². The van der Waals surface area contributed by atoms with Crippen LogP contribution in [0.3, 0.4) is 0 Å². The Hall–Kier alpha value is -2.38. The highest BCUT2D eigenvalue weighted by atomic mass is 16.6. The van der Waals surface area contributed by atoms with Crippen molar-refractivity contribution in [3.63, 3.8) is 0 Å². The second kappa shape index (κ2) is 38.8. The summed E-state index contributed by atoms with van der Waals surface area (Å²) in [6.07, 6.45) is 38.4. The van der Waals surface area contributed by atoms with Gasteiger partial charge in [-0.2, -0.15) is 0 Å². The predicted molar refractivity (Wildman–Crippen MR) is 208 cm³/mol. The molecule has 0 heterocycles. The van der Waals surface area contributed by atoms with E-state index in [1.165, 1.54) is 154 Å². The lowest BCUT2D eigenvalue weighted by Gasteiger charge is -2.17. The van der Waals surface area contributed by atoms with Gasteiger partial charge >= 0.3 is 23.9 Å². The van der Waals surface area contributed by atoms with Crippen molar-refractivity contribution in [2.24, 2.45) is 0 Å². The fourth-order valence-electron chi connectivity index (χ4n) is 6.26. The minimum atomic E-state index is -1.28. The summed E-state index contributed by atoms with van der Waals surface area (Å²) in [6, 6.07) is 0. The maximum atomic E-state index is 12.3. The van der Waals surface area contributed by atoms with E-state index in [1.54, 1.807) is 0 Å². The topological polar surface area (TPSA) is 116 Å². The van der Waals surface area contributed by atoms with Gasteiger partial charge in [0.15, 0.2) is 6.10 Å². The number of rotatable bonds is 39. The molecule has 0 spiro atoms. The summed E-state index contributed by atoms with van der Waals surface area (Å²) < 4.78 is 15.9. The molecule has 0 amide bonds. The lowest BCUT2D eigenvalue weighted by Crippen LogP contribution is -2.30. The van der Waals surface area contributed by atoms with E-state index in [4.69, 9.17) is 19.3 Å². The van der Waals surface area contributed by atoms with Gasteiger partial charge in [0.05, 0.1) is 0 Å². The summed E-state index contributed by atoms with van der Waals surface area (Å²) in [6.45, 7) is 4.00. The number of ether oxygens (including phenoxy) is 3. The normalized spacial score (nSPS) is 11.4. The van der Waals surface area contributed by atoms with Crippen LogP contribution in [-0.2, 0) is 33.4 Å². The third kappa shape index (κ3) is 38.7. The van der Waals surface area contributed by atoms with Crippen molar-refractivity contribution in [3.8, 4) is 0 Å². The zero-order valence-electron chi connectivity index (χ0n) is 33.1. The largest absolute Gasteiger partial charge is 0.478 e. The number of esters is 3. The molecule has 8 heteroatoms.